The standard InChI is InChI=1S/C18H30N2OS/c1-3-20(4-2)14-7-15-22-18(21)17-11-9-16(10-12-17)8-5-6-13-19/h9-12H,3-8,13-15,19H2,1-2H3. The number of aryl methyl sites for hydroxylation is 1. The van der Waals surface area contributed by atoms with Gasteiger partial charge in [0, 0.05) is 11.3 Å². The van der Waals surface area contributed by atoms with Crippen LogP contribution < -0.4 is 5.73 Å². The average molecular weight is 323 g/mol. The molecule has 3 nitrogen and oxygen atoms in total. The second-order valence-electron chi connectivity index (χ2n) is 5.46. The molecule has 0 atom stereocenters. The van der Waals surface area contributed by atoms with Gasteiger partial charge in [0.25, 0.3) is 0 Å². The van der Waals surface area contributed by atoms with Gasteiger partial charge in [-0.3, -0.25) is 4.79 Å². The van der Waals surface area contributed by atoms with Crippen LogP contribution in [0.2, 0.25) is 0 Å². The lowest BCUT2D eigenvalue weighted by molar-refractivity contribution is 0.108. The Kier molecular flexibility index (Phi) is 10.2. The zero-order chi connectivity index (χ0) is 16.2. The normalized spacial score (nSPS) is 11.1. The number of benzene rings is 1. The Morgan fingerprint density at radius 3 is 2.36 bits per heavy atom. The highest BCUT2D eigenvalue weighted by atomic mass is 32.2. The fraction of sp³-hybridized carbons (Fsp3) is 0.611. The van der Waals surface area contributed by atoms with E-state index in [9.17, 15) is 4.79 Å². The predicted octanol–water partition coefficient (Wildman–Crippen LogP) is 3.57. The number of carbonyl (C=O) groups is 1. The van der Waals surface area contributed by atoms with E-state index in [1.54, 1.807) is 0 Å². The Morgan fingerprint density at radius 1 is 1.09 bits per heavy atom. The minimum absolute atomic E-state index is 0.188. The molecule has 0 bridgehead atoms. The summed E-state index contributed by atoms with van der Waals surface area (Å²) in [5, 5.41) is 0.188. The van der Waals surface area contributed by atoms with Crippen LogP contribution in [0.4, 0.5) is 0 Å². The van der Waals surface area contributed by atoms with Gasteiger partial charge < -0.3 is 10.6 Å². The minimum atomic E-state index is 0.188. The van der Waals surface area contributed by atoms with Gasteiger partial charge in [-0.1, -0.05) is 49.9 Å². The van der Waals surface area contributed by atoms with E-state index in [1.807, 2.05) is 12.1 Å². The molecule has 4 heteroatoms. The smallest absolute Gasteiger partial charge is 0.219 e. The first kappa shape index (κ1) is 19.2. The second kappa shape index (κ2) is 11.7. The van der Waals surface area contributed by atoms with E-state index in [1.165, 1.54) is 17.3 Å². The number of unbranched alkanes of at least 4 members (excludes halogenated alkanes) is 1. The fourth-order valence-corrected chi connectivity index (χ4v) is 3.12. The first-order valence-electron chi connectivity index (χ1n) is 8.39. The molecule has 0 saturated heterocycles. The third-order valence-corrected chi connectivity index (χ3v) is 4.85. The Balaban J connectivity index is 2.30. The van der Waals surface area contributed by atoms with E-state index >= 15 is 0 Å². The first-order chi connectivity index (χ1) is 10.7. The third-order valence-electron chi connectivity index (χ3n) is 3.86. The van der Waals surface area contributed by atoms with E-state index in [0.29, 0.717) is 0 Å². The molecule has 0 aliphatic carbocycles. The number of rotatable bonds is 11. The molecule has 0 aliphatic heterocycles. The van der Waals surface area contributed by atoms with E-state index < -0.39 is 0 Å². The van der Waals surface area contributed by atoms with Crippen molar-refractivity contribution in [3.63, 3.8) is 0 Å². The number of hydrogen-bond donors (Lipinski definition) is 1. The van der Waals surface area contributed by atoms with Gasteiger partial charge in [-0.2, -0.15) is 0 Å². The van der Waals surface area contributed by atoms with Gasteiger partial charge in [-0.15, -0.1) is 0 Å². The van der Waals surface area contributed by atoms with Crippen molar-refractivity contribution >= 4 is 16.9 Å². The van der Waals surface area contributed by atoms with Crippen molar-refractivity contribution in [2.24, 2.45) is 5.73 Å². The van der Waals surface area contributed by atoms with Gasteiger partial charge in [0.05, 0.1) is 0 Å². The van der Waals surface area contributed by atoms with Crippen LogP contribution in [0.15, 0.2) is 24.3 Å². The second-order valence-corrected chi connectivity index (χ2v) is 6.53. The van der Waals surface area contributed by atoms with Gasteiger partial charge in [0.15, 0.2) is 0 Å². The molecule has 124 valence electrons. The summed E-state index contributed by atoms with van der Waals surface area (Å²) in [5.41, 5.74) is 7.60. The molecule has 0 radical (unpaired) electrons. The molecule has 0 aromatic heterocycles. The Hall–Kier alpha value is -0.840. The van der Waals surface area contributed by atoms with Crippen molar-refractivity contribution in [2.75, 3.05) is 31.9 Å². The van der Waals surface area contributed by atoms with Gasteiger partial charge >= 0.3 is 0 Å². The molecular weight excluding hydrogens is 292 g/mol. The molecule has 0 saturated carbocycles. The first-order valence-corrected chi connectivity index (χ1v) is 9.38. The average Bonchev–Trinajstić information content (AvgIpc) is 2.55. The van der Waals surface area contributed by atoms with Gasteiger partial charge in [-0.05, 0) is 57.4 Å². The van der Waals surface area contributed by atoms with Crippen molar-refractivity contribution in [1.82, 2.24) is 4.90 Å². The largest absolute Gasteiger partial charge is 0.330 e. The topological polar surface area (TPSA) is 46.3 Å². The summed E-state index contributed by atoms with van der Waals surface area (Å²) >= 11 is 1.44. The molecule has 0 aliphatic rings. The SMILES string of the molecule is CCN(CC)CCCSC(=O)c1ccc(CCCCN)cc1. The van der Waals surface area contributed by atoms with Crippen LogP contribution in [0.5, 0.6) is 0 Å². The summed E-state index contributed by atoms with van der Waals surface area (Å²) in [4.78, 5) is 14.5. The fourth-order valence-electron chi connectivity index (χ4n) is 2.36. The number of hydrogen-bond acceptors (Lipinski definition) is 4. The van der Waals surface area contributed by atoms with Gasteiger partial charge in [0.1, 0.15) is 0 Å². The lowest BCUT2D eigenvalue weighted by Gasteiger charge is -2.17. The molecule has 0 spiro atoms. The maximum absolute atomic E-state index is 12.1. The number of thioether (sulfide) groups is 1. The molecule has 1 aromatic rings. The van der Waals surface area contributed by atoms with Crippen LogP contribution in [-0.2, 0) is 6.42 Å². The third kappa shape index (κ3) is 7.43. The Labute approximate surface area is 139 Å². The van der Waals surface area contributed by atoms with E-state index in [2.05, 4.69) is 30.9 Å². The zero-order valence-electron chi connectivity index (χ0n) is 14.0. The highest BCUT2D eigenvalue weighted by molar-refractivity contribution is 8.14. The van der Waals surface area contributed by atoms with Crippen molar-refractivity contribution < 1.29 is 4.79 Å². The molecule has 0 unspecified atom stereocenters. The zero-order valence-corrected chi connectivity index (χ0v) is 14.8. The summed E-state index contributed by atoms with van der Waals surface area (Å²) in [7, 11) is 0. The molecule has 0 amide bonds. The van der Waals surface area contributed by atoms with Crippen LogP contribution in [0.3, 0.4) is 0 Å². The monoisotopic (exact) mass is 322 g/mol. The van der Waals surface area contributed by atoms with Crippen molar-refractivity contribution in [2.45, 2.75) is 39.5 Å². The van der Waals surface area contributed by atoms with Crippen LogP contribution in [0, 0.1) is 0 Å². The summed E-state index contributed by atoms with van der Waals surface area (Å²) in [5.74, 6) is 0.896. The quantitative estimate of drug-likeness (QED) is 0.633. The molecule has 0 fully saturated rings. The van der Waals surface area contributed by atoms with Crippen LogP contribution in [0.25, 0.3) is 0 Å². The molecule has 2 N–H and O–H groups in total. The Morgan fingerprint density at radius 2 is 1.77 bits per heavy atom. The van der Waals surface area contributed by atoms with Gasteiger partial charge in [-0.25, -0.2) is 0 Å². The Bertz CT molecular complexity index is 416. The van der Waals surface area contributed by atoms with Crippen molar-refractivity contribution in [3.05, 3.63) is 35.4 Å². The highest BCUT2D eigenvalue weighted by Gasteiger charge is 2.07. The summed E-state index contributed by atoms with van der Waals surface area (Å²) in [6, 6.07) is 8.05. The number of carbonyl (C=O) groups excluding carboxylic acids is 1. The molecule has 1 rings (SSSR count). The maximum atomic E-state index is 12.1. The summed E-state index contributed by atoms with van der Waals surface area (Å²) in [6.07, 6.45) is 4.28. The van der Waals surface area contributed by atoms with Gasteiger partial charge in [0.2, 0.25) is 5.12 Å². The van der Waals surface area contributed by atoms with Crippen LogP contribution >= 0.6 is 11.8 Å². The molecular formula is C18H30N2OS. The van der Waals surface area contributed by atoms with Crippen molar-refractivity contribution in [1.29, 1.82) is 0 Å². The lowest BCUT2D eigenvalue weighted by Crippen LogP contribution is -2.24. The maximum Gasteiger partial charge on any atom is 0.219 e. The van der Waals surface area contributed by atoms with E-state index in [-0.39, 0.29) is 5.12 Å². The van der Waals surface area contributed by atoms with E-state index in [4.69, 9.17) is 5.73 Å². The van der Waals surface area contributed by atoms with Crippen molar-refractivity contribution in [3.8, 4) is 0 Å². The number of nitrogens with two attached hydrogens (primary N) is 1. The molecule has 22 heavy (non-hydrogen) atoms. The minimum Gasteiger partial charge on any atom is -0.330 e. The molecule has 0 heterocycles. The van der Waals surface area contributed by atoms with Crippen LogP contribution in [-0.4, -0.2) is 41.9 Å². The number of nitrogens with zero attached hydrogens (tertiary/aromatic N) is 1. The van der Waals surface area contributed by atoms with Crippen LogP contribution in [0.1, 0.15) is 49.0 Å². The van der Waals surface area contributed by atoms with E-state index in [0.717, 1.165) is 63.2 Å². The highest BCUT2D eigenvalue weighted by Crippen LogP contribution is 2.15. The predicted molar refractivity (Wildman–Crippen MR) is 97.6 cm³/mol. The lowest BCUT2D eigenvalue weighted by atomic mass is 10.1. The summed E-state index contributed by atoms with van der Waals surface area (Å²) < 4.78 is 0. The summed E-state index contributed by atoms with van der Waals surface area (Å²) in [6.45, 7) is 8.35. The molecule has 1 aromatic carbocycles.